The van der Waals surface area contributed by atoms with Gasteiger partial charge in [0.2, 0.25) is 0 Å². The lowest BCUT2D eigenvalue weighted by molar-refractivity contribution is 0.0664. The monoisotopic (exact) mass is 220 g/mol. The van der Waals surface area contributed by atoms with Crippen LogP contribution in [0.1, 0.15) is 28.9 Å². The zero-order chi connectivity index (χ0) is 11.1. The summed E-state index contributed by atoms with van der Waals surface area (Å²) in [6.45, 7) is 2.73. The summed E-state index contributed by atoms with van der Waals surface area (Å²) in [6.07, 6.45) is 4.08. The van der Waals surface area contributed by atoms with Gasteiger partial charge in [0.1, 0.15) is 5.69 Å². The Balaban J connectivity index is 1.83. The molecule has 2 aliphatic rings. The second kappa shape index (κ2) is 3.59. The van der Waals surface area contributed by atoms with Crippen molar-refractivity contribution in [2.75, 3.05) is 13.1 Å². The van der Waals surface area contributed by atoms with Gasteiger partial charge in [0, 0.05) is 25.2 Å². The molecule has 1 saturated heterocycles. The second-order valence-corrected chi connectivity index (χ2v) is 4.58. The first-order valence-electron chi connectivity index (χ1n) is 5.80. The van der Waals surface area contributed by atoms with Gasteiger partial charge in [-0.25, -0.2) is 0 Å². The minimum absolute atomic E-state index is 0.142. The van der Waals surface area contributed by atoms with E-state index in [1.807, 2.05) is 18.1 Å². The molecule has 0 radical (unpaired) electrons. The number of carbonyl (C=O) groups is 1. The highest BCUT2D eigenvalue weighted by atomic mass is 16.2. The van der Waals surface area contributed by atoms with Gasteiger partial charge < -0.3 is 10.2 Å². The molecule has 0 bridgehead atoms. The summed E-state index contributed by atoms with van der Waals surface area (Å²) in [5.74, 6) is 0.142. The first-order chi connectivity index (χ1) is 7.77. The van der Waals surface area contributed by atoms with Gasteiger partial charge in [0.25, 0.3) is 5.91 Å². The van der Waals surface area contributed by atoms with Gasteiger partial charge in [-0.3, -0.25) is 9.48 Å². The fourth-order valence-electron chi connectivity index (χ4n) is 2.66. The number of rotatable bonds is 1. The number of fused-ring (bicyclic) bond motifs is 1. The molecule has 1 aromatic rings. The molecule has 0 unspecified atom stereocenters. The SMILES string of the molecule is Cn1ncc2c1C(=O)N([C@H]1CCCNC1)C2. The summed E-state index contributed by atoms with van der Waals surface area (Å²) in [5.41, 5.74) is 1.84. The summed E-state index contributed by atoms with van der Waals surface area (Å²) in [4.78, 5) is 14.2. The van der Waals surface area contributed by atoms with E-state index in [2.05, 4.69) is 10.4 Å². The first kappa shape index (κ1) is 9.84. The highest BCUT2D eigenvalue weighted by Gasteiger charge is 2.35. The Labute approximate surface area is 94.4 Å². The first-order valence-corrected chi connectivity index (χ1v) is 5.80. The minimum atomic E-state index is 0.142. The van der Waals surface area contributed by atoms with Crippen LogP contribution in [-0.4, -0.2) is 39.7 Å². The van der Waals surface area contributed by atoms with Crippen LogP contribution in [0.5, 0.6) is 0 Å². The Morgan fingerprint density at radius 1 is 1.56 bits per heavy atom. The third kappa shape index (κ3) is 1.35. The highest BCUT2D eigenvalue weighted by molar-refractivity contribution is 5.96. The van der Waals surface area contributed by atoms with Crippen molar-refractivity contribution >= 4 is 5.91 Å². The van der Waals surface area contributed by atoms with E-state index in [1.165, 1.54) is 0 Å². The van der Waals surface area contributed by atoms with E-state index >= 15 is 0 Å². The Morgan fingerprint density at radius 2 is 2.44 bits per heavy atom. The molecule has 1 N–H and O–H groups in total. The molecular weight excluding hydrogens is 204 g/mol. The summed E-state index contributed by atoms with van der Waals surface area (Å²) < 4.78 is 1.69. The average molecular weight is 220 g/mol. The van der Waals surface area contributed by atoms with Crippen LogP contribution in [0, 0.1) is 0 Å². The Morgan fingerprint density at radius 3 is 3.12 bits per heavy atom. The summed E-state index contributed by atoms with van der Waals surface area (Å²) in [5, 5.41) is 7.47. The Kier molecular flexibility index (Phi) is 2.21. The number of amides is 1. The standard InChI is InChI=1S/C11H16N4O/c1-14-10-8(5-13-14)7-15(11(10)16)9-3-2-4-12-6-9/h5,9,12H,2-4,6-7H2,1H3/t9-/m0/s1. The molecule has 0 spiro atoms. The highest BCUT2D eigenvalue weighted by Crippen LogP contribution is 2.25. The topological polar surface area (TPSA) is 50.2 Å². The number of nitrogens with one attached hydrogen (secondary N) is 1. The number of hydrogen-bond donors (Lipinski definition) is 1. The maximum absolute atomic E-state index is 12.2. The lowest BCUT2D eigenvalue weighted by atomic mass is 10.1. The molecule has 0 aliphatic carbocycles. The van der Waals surface area contributed by atoms with Crippen molar-refractivity contribution in [2.24, 2.45) is 7.05 Å². The van der Waals surface area contributed by atoms with Gasteiger partial charge in [-0.1, -0.05) is 0 Å². The largest absolute Gasteiger partial charge is 0.329 e. The predicted octanol–water partition coefficient (Wildman–Crippen LogP) is 0.128. The van der Waals surface area contributed by atoms with E-state index in [0.29, 0.717) is 6.04 Å². The van der Waals surface area contributed by atoms with Crippen molar-refractivity contribution in [2.45, 2.75) is 25.4 Å². The normalized spacial score (nSPS) is 24.9. The molecule has 16 heavy (non-hydrogen) atoms. The van der Waals surface area contributed by atoms with Crippen molar-refractivity contribution in [3.8, 4) is 0 Å². The average Bonchev–Trinajstić information content (AvgIpc) is 2.83. The molecule has 1 aromatic heterocycles. The molecule has 5 nitrogen and oxygen atoms in total. The number of aryl methyl sites for hydroxylation is 1. The van der Waals surface area contributed by atoms with E-state index in [9.17, 15) is 4.79 Å². The van der Waals surface area contributed by atoms with Gasteiger partial charge in [-0.15, -0.1) is 0 Å². The zero-order valence-electron chi connectivity index (χ0n) is 9.44. The maximum atomic E-state index is 12.2. The van der Waals surface area contributed by atoms with E-state index < -0.39 is 0 Å². The molecule has 5 heteroatoms. The molecule has 3 heterocycles. The van der Waals surface area contributed by atoms with Crippen LogP contribution in [-0.2, 0) is 13.6 Å². The van der Waals surface area contributed by atoms with Crippen molar-refractivity contribution in [3.63, 3.8) is 0 Å². The fraction of sp³-hybridized carbons (Fsp3) is 0.636. The van der Waals surface area contributed by atoms with Crippen LogP contribution in [0.25, 0.3) is 0 Å². The summed E-state index contributed by atoms with van der Waals surface area (Å²) >= 11 is 0. The van der Waals surface area contributed by atoms with Crippen molar-refractivity contribution in [1.29, 1.82) is 0 Å². The van der Waals surface area contributed by atoms with E-state index in [1.54, 1.807) is 4.68 Å². The fourth-order valence-corrected chi connectivity index (χ4v) is 2.66. The van der Waals surface area contributed by atoms with Crippen LogP contribution in [0.2, 0.25) is 0 Å². The molecule has 3 rings (SSSR count). The second-order valence-electron chi connectivity index (χ2n) is 4.58. The van der Waals surface area contributed by atoms with Gasteiger partial charge in [-0.2, -0.15) is 5.10 Å². The molecule has 1 atom stereocenters. The number of carbonyl (C=O) groups excluding carboxylic acids is 1. The minimum Gasteiger partial charge on any atom is -0.329 e. The summed E-state index contributed by atoms with van der Waals surface area (Å²) in [7, 11) is 1.83. The van der Waals surface area contributed by atoms with Crippen LogP contribution < -0.4 is 5.32 Å². The van der Waals surface area contributed by atoms with Gasteiger partial charge in [-0.05, 0) is 19.4 Å². The van der Waals surface area contributed by atoms with Gasteiger partial charge >= 0.3 is 0 Å². The maximum Gasteiger partial charge on any atom is 0.273 e. The van der Waals surface area contributed by atoms with Gasteiger partial charge in [0.15, 0.2) is 0 Å². The zero-order valence-corrected chi connectivity index (χ0v) is 9.44. The number of hydrogen-bond acceptors (Lipinski definition) is 3. The smallest absolute Gasteiger partial charge is 0.273 e. The van der Waals surface area contributed by atoms with E-state index in [4.69, 9.17) is 0 Å². The van der Waals surface area contributed by atoms with Crippen LogP contribution in [0.4, 0.5) is 0 Å². The quantitative estimate of drug-likeness (QED) is 0.732. The predicted molar refractivity (Wildman–Crippen MR) is 59.0 cm³/mol. The third-order valence-electron chi connectivity index (χ3n) is 3.53. The molecule has 0 aromatic carbocycles. The lowest BCUT2D eigenvalue weighted by Gasteiger charge is -2.31. The number of nitrogens with zero attached hydrogens (tertiary/aromatic N) is 3. The van der Waals surface area contributed by atoms with Gasteiger partial charge in [0.05, 0.1) is 12.7 Å². The lowest BCUT2D eigenvalue weighted by Crippen LogP contribution is -2.46. The van der Waals surface area contributed by atoms with E-state index in [0.717, 1.165) is 43.7 Å². The van der Waals surface area contributed by atoms with Crippen molar-refractivity contribution < 1.29 is 4.79 Å². The molecule has 1 fully saturated rings. The Hall–Kier alpha value is -1.36. The van der Waals surface area contributed by atoms with E-state index in [-0.39, 0.29) is 5.91 Å². The van der Waals surface area contributed by atoms with Crippen LogP contribution in [0.15, 0.2) is 6.20 Å². The third-order valence-corrected chi connectivity index (χ3v) is 3.53. The number of aromatic nitrogens is 2. The van der Waals surface area contributed by atoms with Crippen LogP contribution in [0.3, 0.4) is 0 Å². The molecular formula is C11H16N4O. The number of piperidine rings is 1. The molecule has 2 aliphatic heterocycles. The van der Waals surface area contributed by atoms with Crippen molar-refractivity contribution in [1.82, 2.24) is 20.0 Å². The van der Waals surface area contributed by atoms with Crippen molar-refractivity contribution in [3.05, 3.63) is 17.5 Å². The van der Waals surface area contributed by atoms with Crippen LogP contribution >= 0.6 is 0 Å². The Bertz CT molecular complexity index is 420. The molecule has 1 amide bonds. The molecule has 86 valence electrons. The summed E-state index contributed by atoms with van der Waals surface area (Å²) in [6, 6.07) is 0.355. The molecule has 0 saturated carbocycles.